The van der Waals surface area contributed by atoms with Crippen LogP contribution < -0.4 is 10.6 Å². The van der Waals surface area contributed by atoms with Crippen LogP contribution in [0.3, 0.4) is 0 Å². The fourth-order valence-corrected chi connectivity index (χ4v) is 3.32. The number of nitrogens with one attached hydrogen (secondary N) is 2. The summed E-state index contributed by atoms with van der Waals surface area (Å²) in [5.41, 5.74) is 2.57. The van der Waals surface area contributed by atoms with Crippen molar-refractivity contribution in [2.24, 2.45) is 0 Å². The van der Waals surface area contributed by atoms with Crippen LogP contribution in [-0.2, 0) is 11.3 Å². The van der Waals surface area contributed by atoms with E-state index in [1.807, 2.05) is 19.1 Å². The number of nitriles is 1. The number of hydrogen-bond acceptors (Lipinski definition) is 4. The average molecular weight is 337 g/mol. The standard InChI is InChI=1S/C18H15N3O2S/c1-11-17(22)21-15-8-14(5-6-16(15)24-11)18(23)20-10-13-4-2-3-12(7-13)9-19/h2-8,11H,10H2,1H3,(H,20,23)(H,21,22). The third-order valence-corrected chi connectivity index (χ3v) is 4.86. The first-order valence-electron chi connectivity index (χ1n) is 7.45. The molecule has 2 aromatic rings. The van der Waals surface area contributed by atoms with E-state index in [2.05, 4.69) is 16.7 Å². The highest BCUT2D eigenvalue weighted by Crippen LogP contribution is 2.35. The Balaban J connectivity index is 1.70. The summed E-state index contributed by atoms with van der Waals surface area (Å²) in [6, 6.07) is 14.5. The van der Waals surface area contributed by atoms with Crippen LogP contribution in [0, 0.1) is 11.3 Å². The van der Waals surface area contributed by atoms with Gasteiger partial charge in [-0.3, -0.25) is 9.59 Å². The van der Waals surface area contributed by atoms with Crippen molar-refractivity contribution in [3.63, 3.8) is 0 Å². The van der Waals surface area contributed by atoms with E-state index in [1.54, 1.807) is 30.3 Å². The second-order valence-electron chi connectivity index (χ2n) is 5.46. The third-order valence-electron chi connectivity index (χ3n) is 3.68. The molecule has 2 N–H and O–H groups in total. The van der Waals surface area contributed by atoms with Crippen molar-refractivity contribution >= 4 is 29.3 Å². The van der Waals surface area contributed by atoms with E-state index in [0.29, 0.717) is 23.4 Å². The van der Waals surface area contributed by atoms with Crippen molar-refractivity contribution in [2.75, 3.05) is 5.32 Å². The molecule has 5 nitrogen and oxygen atoms in total. The number of nitrogens with zero attached hydrogens (tertiary/aromatic N) is 1. The van der Waals surface area contributed by atoms with Gasteiger partial charge in [0.05, 0.1) is 22.6 Å². The molecule has 0 radical (unpaired) electrons. The SMILES string of the molecule is CC1Sc2ccc(C(=O)NCc3cccc(C#N)c3)cc2NC1=O. The molecule has 1 aliphatic rings. The van der Waals surface area contributed by atoms with Crippen LogP contribution >= 0.6 is 11.8 Å². The van der Waals surface area contributed by atoms with Gasteiger partial charge in [0.25, 0.3) is 5.91 Å². The number of benzene rings is 2. The van der Waals surface area contributed by atoms with Crippen LogP contribution in [0.15, 0.2) is 47.4 Å². The summed E-state index contributed by atoms with van der Waals surface area (Å²) >= 11 is 1.48. The molecular formula is C18H15N3O2S. The van der Waals surface area contributed by atoms with E-state index in [0.717, 1.165) is 10.5 Å². The molecule has 120 valence electrons. The van der Waals surface area contributed by atoms with Crippen LogP contribution in [-0.4, -0.2) is 17.1 Å². The molecule has 0 spiro atoms. The maximum absolute atomic E-state index is 12.3. The number of amides is 2. The van der Waals surface area contributed by atoms with Gasteiger partial charge in [0, 0.05) is 17.0 Å². The molecule has 2 amide bonds. The Hall–Kier alpha value is -2.78. The van der Waals surface area contributed by atoms with E-state index >= 15 is 0 Å². The molecule has 3 rings (SSSR count). The van der Waals surface area contributed by atoms with Gasteiger partial charge >= 0.3 is 0 Å². The van der Waals surface area contributed by atoms with E-state index in [-0.39, 0.29) is 17.1 Å². The van der Waals surface area contributed by atoms with Gasteiger partial charge in [-0.2, -0.15) is 5.26 Å². The van der Waals surface area contributed by atoms with Crippen molar-refractivity contribution < 1.29 is 9.59 Å². The van der Waals surface area contributed by atoms with Crippen molar-refractivity contribution in [3.05, 3.63) is 59.2 Å². The largest absolute Gasteiger partial charge is 0.348 e. The molecule has 24 heavy (non-hydrogen) atoms. The average Bonchev–Trinajstić information content (AvgIpc) is 2.60. The second-order valence-corrected chi connectivity index (χ2v) is 6.84. The first-order valence-corrected chi connectivity index (χ1v) is 8.33. The normalized spacial score (nSPS) is 15.8. The Labute approximate surface area is 144 Å². The number of thioether (sulfide) groups is 1. The smallest absolute Gasteiger partial charge is 0.251 e. The minimum atomic E-state index is -0.224. The summed E-state index contributed by atoms with van der Waals surface area (Å²) < 4.78 is 0. The van der Waals surface area contributed by atoms with Crippen molar-refractivity contribution in [3.8, 4) is 6.07 Å². The maximum atomic E-state index is 12.3. The van der Waals surface area contributed by atoms with Crippen LogP contribution in [0.4, 0.5) is 5.69 Å². The number of anilines is 1. The Bertz CT molecular complexity index is 858. The first kappa shape index (κ1) is 16.1. The summed E-state index contributed by atoms with van der Waals surface area (Å²) in [5, 5.41) is 14.4. The summed E-state index contributed by atoms with van der Waals surface area (Å²) in [6.07, 6.45) is 0. The minimum absolute atomic E-state index is 0.0571. The molecule has 0 saturated heterocycles. The van der Waals surface area contributed by atoms with Crippen molar-refractivity contribution in [1.82, 2.24) is 5.32 Å². The van der Waals surface area contributed by atoms with Gasteiger partial charge in [0.15, 0.2) is 0 Å². The lowest BCUT2D eigenvalue weighted by atomic mass is 10.1. The monoisotopic (exact) mass is 337 g/mol. The molecule has 1 aliphatic heterocycles. The Morgan fingerprint density at radius 1 is 1.33 bits per heavy atom. The highest BCUT2D eigenvalue weighted by Gasteiger charge is 2.23. The molecule has 0 aromatic heterocycles. The molecule has 2 aromatic carbocycles. The van der Waals surface area contributed by atoms with Gasteiger partial charge in [-0.05, 0) is 42.8 Å². The van der Waals surface area contributed by atoms with Gasteiger partial charge < -0.3 is 10.6 Å². The van der Waals surface area contributed by atoms with Crippen LogP contribution in [0.25, 0.3) is 0 Å². The van der Waals surface area contributed by atoms with Crippen LogP contribution in [0.1, 0.15) is 28.4 Å². The Morgan fingerprint density at radius 3 is 2.96 bits per heavy atom. The van der Waals surface area contributed by atoms with E-state index < -0.39 is 0 Å². The molecule has 1 atom stereocenters. The molecule has 6 heteroatoms. The maximum Gasteiger partial charge on any atom is 0.251 e. The lowest BCUT2D eigenvalue weighted by molar-refractivity contribution is -0.115. The zero-order chi connectivity index (χ0) is 17.1. The number of rotatable bonds is 3. The number of carbonyl (C=O) groups excluding carboxylic acids is 2. The summed E-state index contributed by atoms with van der Waals surface area (Å²) in [6.45, 7) is 2.18. The second kappa shape index (κ2) is 6.77. The van der Waals surface area contributed by atoms with Crippen molar-refractivity contribution in [2.45, 2.75) is 23.6 Å². The fourth-order valence-electron chi connectivity index (χ4n) is 2.39. The molecule has 0 fully saturated rings. The molecule has 1 unspecified atom stereocenters. The van der Waals surface area contributed by atoms with Crippen LogP contribution in [0.5, 0.6) is 0 Å². The molecule has 0 aliphatic carbocycles. The minimum Gasteiger partial charge on any atom is -0.348 e. The summed E-state index contributed by atoms with van der Waals surface area (Å²) in [4.78, 5) is 25.0. The van der Waals surface area contributed by atoms with E-state index in [4.69, 9.17) is 5.26 Å². The van der Waals surface area contributed by atoms with Gasteiger partial charge in [0.2, 0.25) is 5.91 Å². The molecule has 0 bridgehead atoms. The number of hydrogen-bond donors (Lipinski definition) is 2. The van der Waals surface area contributed by atoms with E-state index in [1.165, 1.54) is 11.8 Å². The van der Waals surface area contributed by atoms with Gasteiger partial charge in [0.1, 0.15) is 0 Å². The number of carbonyl (C=O) groups is 2. The predicted molar refractivity (Wildman–Crippen MR) is 92.7 cm³/mol. The zero-order valence-corrected chi connectivity index (χ0v) is 13.8. The zero-order valence-electron chi connectivity index (χ0n) is 13.0. The topological polar surface area (TPSA) is 82.0 Å². The van der Waals surface area contributed by atoms with Gasteiger partial charge in [-0.1, -0.05) is 12.1 Å². The Morgan fingerprint density at radius 2 is 2.17 bits per heavy atom. The highest BCUT2D eigenvalue weighted by molar-refractivity contribution is 8.00. The fraction of sp³-hybridized carbons (Fsp3) is 0.167. The first-order chi connectivity index (χ1) is 11.6. The quantitative estimate of drug-likeness (QED) is 0.902. The number of fused-ring (bicyclic) bond motifs is 1. The third kappa shape index (κ3) is 3.42. The lowest BCUT2D eigenvalue weighted by Crippen LogP contribution is -2.27. The highest BCUT2D eigenvalue weighted by atomic mass is 32.2. The molecular weight excluding hydrogens is 322 g/mol. The van der Waals surface area contributed by atoms with Crippen LogP contribution in [0.2, 0.25) is 0 Å². The van der Waals surface area contributed by atoms with Crippen molar-refractivity contribution in [1.29, 1.82) is 5.26 Å². The Kier molecular flexibility index (Phi) is 4.54. The predicted octanol–water partition coefficient (Wildman–Crippen LogP) is 2.92. The summed E-state index contributed by atoms with van der Waals surface area (Å²) in [5.74, 6) is -0.281. The molecule has 1 heterocycles. The lowest BCUT2D eigenvalue weighted by Gasteiger charge is -2.21. The van der Waals surface area contributed by atoms with Gasteiger partial charge in [-0.25, -0.2) is 0 Å². The molecule has 0 saturated carbocycles. The van der Waals surface area contributed by atoms with E-state index in [9.17, 15) is 9.59 Å². The summed E-state index contributed by atoms with van der Waals surface area (Å²) in [7, 11) is 0. The van der Waals surface area contributed by atoms with Gasteiger partial charge in [-0.15, -0.1) is 11.8 Å².